The highest BCUT2D eigenvalue weighted by Crippen LogP contribution is 2.53. The maximum atomic E-state index is 6.29. The summed E-state index contributed by atoms with van der Waals surface area (Å²) < 4.78 is 11.6. The van der Waals surface area contributed by atoms with Crippen LogP contribution >= 0.6 is 8.58 Å². The zero-order valence-corrected chi connectivity index (χ0v) is 23.5. The van der Waals surface area contributed by atoms with Crippen LogP contribution < -0.4 is 14.9 Å². The van der Waals surface area contributed by atoms with Gasteiger partial charge in [-0.05, 0) is 47.7 Å². The number of ether oxygens (including phenoxy) is 2. The Balaban J connectivity index is 2.75. The molecule has 0 spiro atoms. The zero-order chi connectivity index (χ0) is 24.6. The Kier molecular flexibility index (Phi) is 10.3. The number of hydrogen-bond acceptors (Lipinski definition) is 3. The van der Waals surface area contributed by atoms with E-state index in [4.69, 9.17) is 9.47 Å². The average Bonchev–Trinajstić information content (AvgIpc) is 2.76. The van der Waals surface area contributed by atoms with Gasteiger partial charge in [0.05, 0.1) is 0 Å². The predicted molar refractivity (Wildman–Crippen MR) is 147 cm³/mol. The third-order valence-electron chi connectivity index (χ3n) is 6.55. The molecule has 2 aromatic rings. The fraction of sp³-hybridized carbons (Fsp3) is 0.586. The molecule has 0 aliphatic carbocycles. The second-order valence-corrected chi connectivity index (χ2v) is 12.1. The highest BCUT2D eigenvalue weighted by atomic mass is 31.1. The average molecular weight is 472 g/mol. The van der Waals surface area contributed by atoms with Gasteiger partial charge in [-0.2, -0.15) is 0 Å². The fourth-order valence-electron chi connectivity index (χ4n) is 4.50. The number of aryl methyl sites for hydroxylation is 1. The Morgan fingerprint density at radius 2 is 1.70 bits per heavy atom. The Hall–Kier alpha value is -1.57. The second kappa shape index (κ2) is 12.2. The van der Waals surface area contributed by atoms with Crippen molar-refractivity contribution in [1.29, 1.82) is 0 Å². The molecule has 2 atom stereocenters. The van der Waals surface area contributed by atoms with Gasteiger partial charge >= 0.3 is 0 Å². The van der Waals surface area contributed by atoms with Crippen molar-refractivity contribution in [3.8, 4) is 5.75 Å². The second-order valence-electron chi connectivity index (χ2n) is 10.4. The van der Waals surface area contributed by atoms with Gasteiger partial charge in [-0.25, -0.2) is 0 Å². The molecule has 2 unspecified atom stereocenters. The van der Waals surface area contributed by atoms with Crippen molar-refractivity contribution in [2.75, 3.05) is 32.9 Å². The monoisotopic (exact) mass is 471 g/mol. The van der Waals surface area contributed by atoms with Crippen LogP contribution in [0.2, 0.25) is 0 Å². The number of unbranched alkanes of at least 4 members (excludes halogenated alkanes) is 2. The van der Waals surface area contributed by atoms with Gasteiger partial charge < -0.3 is 14.4 Å². The molecule has 0 aliphatic heterocycles. The van der Waals surface area contributed by atoms with E-state index in [1.807, 2.05) is 0 Å². The molecule has 4 heteroatoms. The summed E-state index contributed by atoms with van der Waals surface area (Å²) in [5, 5.41) is 1.45. The van der Waals surface area contributed by atoms with Gasteiger partial charge in [0, 0.05) is 37.6 Å². The summed E-state index contributed by atoms with van der Waals surface area (Å²) in [5.41, 5.74) is 5.32. The van der Waals surface area contributed by atoms with Crippen LogP contribution in [0.4, 0.5) is 5.69 Å². The van der Waals surface area contributed by atoms with E-state index < -0.39 is 0 Å². The maximum absolute atomic E-state index is 6.29. The summed E-state index contributed by atoms with van der Waals surface area (Å²) in [6.07, 6.45) is 5.95. The van der Waals surface area contributed by atoms with Crippen LogP contribution in [-0.2, 0) is 15.3 Å². The number of benzene rings is 2. The largest absolute Gasteiger partial charge is 0.467 e. The standard InChI is InChI=1S/C29H46NO2P/c1-10-12-15-18-29(11-2,33-26-17-14-13-16-25(26)30(7)8)24-20-23(28(4,5)6)19-22(3)27(24)32-21-31-9/h13-14,16-17,19-20,33H,10-12,15,18,21H2,1-9H3. The smallest absolute Gasteiger partial charge is 0.188 e. The zero-order valence-electron chi connectivity index (χ0n) is 22.5. The van der Waals surface area contributed by atoms with E-state index in [0.717, 1.165) is 18.6 Å². The molecule has 2 aromatic carbocycles. The highest BCUT2D eigenvalue weighted by molar-refractivity contribution is 7.49. The molecule has 2 rings (SSSR count). The van der Waals surface area contributed by atoms with Crippen molar-refractivity contribution in [3.05, 3.63) is 53.1 Å². The first kappa shape index (κ1) is 27.7. The van der Waals surface area contributed by atoms with Gasteiger partial charge in [-0.3, -0.25) is 0 Å². The van der Waals surface area contributed by atoms with Crippen LogP contribution in [0.25, 0.3) is 0 Å². The van der Waals surface area contributed by atoms with Crippen LogP contribution in [0.15, 0.2) is 36.4 Å². The van der Waals surface area contributed by atoms with Crippen LogP contribution in [0.1, 0.15) is 83.4 Å². The quantitative estimate of drug-likeness (QED) is 0.181. The molecule has 0 aliphatic rings. The van der Waals surface area contributed by atoms with Gasteiger partial charge in [-0.1, -0.05) is 92.8 Å². The maximum Gasteiger partial charge on any atom is 0.188 e. The van der Waals surface area contributed by atoms with Crippen LogP contribution in [-0.4, -0.2) is 28.0 Å². The first-order valence-electron chi connectivity index (χ1n) is 12.4. The number of anilines is 1. The summed E-state index contributed by atoms with van der Waals surface area (Å²) in [4.78, 5) is 2.24. The lowest BCUT2D eigenvalue weighted by molar-refractivity contribution is 0.0493. The first-order chi connectivity index (χ1) is 15.6. The third-order valence-corrected chi connectivity index (χ3v) is 8.59. The molecule has 184 valence electrons. The van der Waals surface area contributed by atoms with Gasteiger partial charge in [0.2, 0.25) is 0 Å². The Morgan fingerprint density at radius 3 is 2.27 bits per heavy atom. The molecular formula is C29H46NO2P. The Morgan fingerprint density at radius 1 is 1.00 bits per heavy atom. The molecule has 0 bridgehead atoms. The highest BCUT2D eigenvalue weighted by Gasteiger charge is 2.36. The summed E-state index contributed by atoms with van der Waals surface area (Å²) >= 11 is 0. The van der Waals surface area contributed by atoms with Gasteiger partial charge in [0.15, 0.2) is 6.79 Å². The Bertz CT molecular complexity index is 888. The van der Waals surface area contributed by atoms with E-state index in [2.05, 4.69) is 96.9 Å². The number of hydrogen-bond donors (Lipinski definition) is 0. The summed E-state index contributed by atoms with van der Waals surface area (Å²) in [6, 6.07) is 13.6. The molecule has 3 nitrogen and oxygen atoms in total. The van der Waals surface area contributed by atoms with Gasteiger partial charge in [-0.15, -0.1) is 0 Å². The molecule has 0 heterocycles. The van der Waals surface area contributed by atoms with E-state index >= 15 is 0 Å². The van der Waals surface area contributed by atoms with Crippen LogP contribution in [0, 0.1) is 6.92 Å². The molecule has 0 saturated heterocycles. The van der Waals surface area contributed by atoms with E-state index in [1.165, 1.54) is 46.9 Å². The van der Waals surface area contributed by atoms with Crippen molar-refractivity contribution < 1.29 is 9.47 Å². The molecule has 0 amide bonds. The van der Waals surface area contributed by atoms with Crippen LogP contribution in [0.5, 0.6) is 5.75 Å². The number of nitrogens with zero attached hydrogens (tertiary/aromatic N) is 1. The van der Waals surface area contributed by atoms with Crippen molar-refractivity contribution in [2.24, 2.45) is 0 Å². The first-order valence-corrected chi connectivity index (χ1v) is 13.4. The number of rotatable bonds is 12. The molecule has 33 heavy (non-hydrogen) atoms. The van der Waals surface area contributed by atoms with E-state index in [9.17, 15) is 0 Å². The van der Waals surface area contributed by atoms with E-state index in [0.29, 0.717) is 8.58 Å². The van der Waals surface area contributed by atoms with E-state index in [1.54, 1.807) is 7.11 Å². The summed E-state index contributed by atoms with van der Waals surface area (Å²) in [6.45, 7) is 14.0. The lowest BCUT2D eigenvalue weighted by Gasteiger charge is -2.38. The number of para-hydroxylation sites is 1. The lowest BCUT2D eigenvalue weighted by Crippen LogP contribution is -2.27. The van der Waals surface area contributed by atoms with Crippen molar-refractivity contribution in [1.82, 2.24) is 0 Å². The van der Waals surface area contributed by atoms with Gasteiger partial charge in [0.25, 0.3) is 0 Å². The minimum absolute atomic E-state index is 0.0242. The summed E-state index contributed by atoms with van der Waals surface area (Å²) in [7, 11) is 6.65. The molecule has 0 radical (unpaired) electrons. The predicted octanol–water partition coefficient (Wildman–Crippen LogP) is 7.53. The third kappa shape index (κ3) is 6.96. The molecule has 0 saturated carbocycles. The number of methoxy groups -OCH3 is 1. The van der Waals surface area contributed by atoms with Crippen molar-refractivity contribution in [2.45, 2.75) is 84.2 Å². The van der Waals surface area contributed by atoms with Crippen LogP contribution in [0.3, 0.4) is 0 Å². The topological polar surface area (TPSA) is 21.7 Å². The molecule has 0 fully saturated rings. The van der Waals surface area contributed by atoms with Crippen molar-refractivity contribution >= 4 is 19.6 Å². The molecule has 0 aromatic heterocycles. The Labute approximate surface area is 205 Å². The summed E-state index contributed by atoms with van der Waals surface area (Å²) in [5.74, 6) is 1.01. The lowest BCUT2D eigenvalue weighted by atomic mass is 9.80. The van der Waals surface area contributed by atoms with E-state index in [-0.39, 0.29) is 17.4 Å². The van der Waals surface area contributed by atoms with Gasteiger partial charge in [0.1, 0.15) is 5.75 Å². The van der Waals surface area contributed by atoms with Crippen molar-refractivity contribution in [3.63, 3.8) is 0 Å². The SMILES string of the molecule is CCCCCC(CC)(Pc1ccccc1N(C)C)c1cc(C(C)(C)C)cc(C)c1OCOC. The fourth-order valence-corrected chi connectivity index (χ4v) is 6.42. The minimum Gasteiger partial charge on any atom is -0.467 e. The minimum atomic E-state index is 0.0242. The molecule has 0 N–H and O–H groups in total. The normalized spacial score (nSPS) is 14.0. The molecular weight excluding hydrogens is 425 g/mol.